The molecule has 2 heterocycles. The average molecular weight is 454 g/mol. The molecule has 1 aliphatic carbocycles. The molecule has 2 aromatic carbocycles. The average Bonchev–Trinajstić information content (AvgIpc) is 2.86. The van der Waals surface area contributed by atoms with Crippen molar-refractivity contribution < 1.29 is 14.3 Å². The topological polar surface area (TPSA) is 62.2 Å². The van der Waals surface area contributed by atoms with Crippen molar-refractivity contribution in [2.75, 3.05) is 31.1 Å². The molecule has 6 heteroatoms. The van der Waals surface area contributed by atoms with E-state index >= 15 is 0 Å². The molecule has 0 N–H and O–H groups in total. The summed E-state index contributed by atoms with van der Waals surface area (Å²) in [7, 11) is 0. The molecule has 0 aromatic heterocycles. The third-order valence-corrected chi connectivity index (χ3v) is 6.38. The van der Waals surface area contributed by atoms with E-state index in [1.165, 1.54) is 16.8 Å². The molecule has 34 heavy (non-hydrogen) atoms. The Kier molecular flexibility index (Phi) is 5.88. The van der Waals surface area contributed by atoms with Crippen molar-refractivity contribution in [3.8, 4) is 0 Å². The summed E-state index contributed by atoms with van der Waals surface area (Å²) in [5.74, 6) is -0.165. The molecule has 0 bridgehead atoms. The first kappa shape index (κ1) is 21.9. The maximum atomic E-state index is 13.1. The van der Waals surface area contributed by atoms with Crippen LogP contribution in [0, 0.1) is 13.8 Å². The first-order valence-corrected chi connectivity index (χ1v) is 11.6. The van der Waals surface area contributed by atoms with E-state index in [4.69, 9.17) is 4.74 Å². The number of nitrogens with zero attached hydrogens (tertiary/aromatic N) is 3. The van der Waals surface area contributed by atoms with Crippen molar-refractivity contribution in [3.63, 3.8) is 0 Å². The van der Waals surface area contributed by atoms with Crippen LogP contribution in [0.3, 0.4) is 0 Å². The highest BCUT2D eigenvalue weighted by Gasteiger charge is 2.27. The van der Waals surface area contributed by atoms with E-state index in [0.717, 1.165) is 18.7 Å². The number of carbonyl (C=O) groups is 2. The first-order chi connectivity index (χ1) is 16.5. The van der Waals surface area contributed by atoms with Crippen molar-refractivity contribution in [3.05, 3.63) is 94.8 Å². The van der Waals surface area contributed by atoms with Crippen LogP contribution < -0.4 is 4.90 Å². The molecule has 1 unspecified atom stereocenters. The number of aliphatic imine (C=N–C) groups is 1. The summed E-state index contributed by atoms with van der Waals surface area (Å²) in [4.78, 5) is 33.7. The van der Waals surface area contributed by atoms with E-state index in [-0.39, 0.29) is 17.8 Å². The third kappa shape index (κ3) is 4.44. The van der Waals surface area contributed by atoms with E-state index < -0.39 is 5.91 Å². The van der Waals surface area contributed by atoms with Gasteiger partial charge in [-0.25, -0.2) is 4.99 Å². The monoisotopic (exact) mass is 453 g/mol. The fraction of sp³-hybridized carbons (Fsp3) is 0.250. The Hall–Kier alpha value is -3.93. The molecular formula is C28H27N3O3. The Morgan fingerprint density at radius 2 is 1.79 bits per heavy atom. The van der Waals surface area contributed by atoms with Gasteiger partial charge in [-0.1, -0.05) is 36.4 Å². The van der Waals surface area contributed by atoms with Crippen molar-refractivity contribution in [1.29, 1.82) is 0 Å². The van der Waals surface area contributed by atoms with Gasteiger partial charge in [0.2, 0.25) is 0 Å². The Balaban J connectivity index is 1.23. The van der Waals surface area contributed by atoms with E-state index in [9.17, 15) is 9.59 Å². The summed E-state index contributed by atoms with van der Waals surface area (Å²) in [6.45, 7) is 7.23. The number of benzene rings is 2. The van der Waals surface area contributed by atoms with Crippen LogP contribution in [0.4, 0.5) is 5.69 Å². The van der Waals surface area contributed by atoms with Crippen molar-refractivity contribution >= 4 is 29.3 Å². The second kappa shape index (κ2) is 9.14. The molecule has 2 aliphatic heterocycles. The van der Waals surface area contributed by atoms with Crippen LogP contribution in [0.2, 0.25) is 0 Å². The minimum atomic E-state index is -0.395. The predicted octanol–water partition coefficient (Wildman–Crippen LogP) is 4.10. The number of piperazine rings is 1. The Bertz CT molecular complexity index is 1250. The van der Waals surface area contributed by atoms with Gasteiger partial charge in [-0.15, -0.1) is 0 Å². The maximum absolute atomic E-state index is 13.1. The summed E-state index contributed by atoms with van der Waals surface area (Å²) < 4.78 is 5.80. The standard InChI is InChI=1S/C28H27N3O3/c1-19-7-8-20(2)24(17-19)30-13-15-31(16-14-30)28(33)22-11-9-21(10-12-22)18-26-27(32)29-23-5-3-4-6-25(23)34-26/h3-12,17-18,25H,13-16H2,1-2H3/b26-18-. The minimum Gasteiger partial charge on any atom is -0.474 e. The van der Waals surface area contributed by atoms with Gasteiger partial charge in [0.05, 0.1) is 5.71 Å². The lowest BCUT2D eigenvalue weighted by molar-refractivity contribution is -0.118. The lowest BCUT2D eigenvalue weighted by Gasteiger charge is -2.37. The summed E-state index contributed by atoms with van der Waals surface area (Å²) in [6, 6.07) is 13.8. The molecule has 0 radical (unpaired) electrons. The van der Waals surface area contributed by atoms with Crippen LogP contribution in [-0.4, -0.2) is 54.7 Å². The molecule has 3 aliphatic rings. The van der Waals surface area contributed by atoms with Crippen LogP contribution in [0.1, 0.15) is 27.0 Å². The van der Waals surface area contributed by atoms with Crippen molar-refractivity contribution in [2.24, 2.45) is 4.99 Å². The number of carbonyl (C=O) groups excluding carboxylic acids is 2. The normalized spacial score (nSPS) is 20.8. The molecule has 0 spiro atoms. The zero-order valence-corrected chi connectivity index (χ0v) is 19.4. The Morgan fingerprint density at radius 3 is 2.56 bits per heavy atom. The molecule has 1 atom stereocenters. The number of anilines is 1. The van der Waals surface area contributed by atoms with E-state index in [1.807, 2.05) is 35.3 Å². The van der Waals surface area contributed by atoms with Crippen molar-refractivity contribution in [1.82, 2.24) is 4.90 Å². The highest BCUT2D eigenvalue weighted by atomic mass is 16.5. The van der Waals surface area contributed by atoms with Gasteiger partial charge >= 0.3 is 5.91 Å². The van der Waals surface area contributed by atoms with Gasteiger partial charge in [0.1, 0.15) is 0 Å². The second-order valence-corrected chi connectivity index (χ2v) is 8.82. The summed E-state index contributed by atoms with van der Waals surface area (Å²) in [5, 5.41) is 0. The molecule has 6 nitrogen and oxygen atoms in total. The van der Waals surface area contributed by atoms with Gasteiger partial charge in [0.25, 0.3) is 5.91 Å². The highest BCUT2D eigenvalue weighted by Crippen LogP contribution is 2.24. The van der Waals surface area contributed by atoms with Gasteiger partial charge in [-0.2, -0.15) is 0 Å². The zero-order chi connectivity index (χ0) is 23.7. The van der Waals surface area contributed by atoms with E-state index in [2.05, 4.69) is 41.9 Å². The highest BCUT2D eigenvalue weighted by molar-refractivity contribution is 6.13. The number of aryl methyl sites for hydroxylation is 2. The lowest BCUT2D eigenvalue weighted by atomic mass is 10.1. The van der Waals surface area contributed by atoms with Gasteiger partial charge in [0.15, 0.2) is 11.9 Å². The molecule has 172 valence electrons. The van der Waals surface area contributed by atoms with Gasteiger partial charge in [-0.3, -0.25) is 9.59 Å². The Morgan fingerprint density at radius 1 is 1.03 bits per heavy atom. The number of ether oxygens (including phenoxy) is 1. The summed E-state index contributed by atoms with van der Waals surface area (Å²) >= 11 is 0. The largest absolute Gasteiger partial charge is 0.474 e. The van der Waals surface area contributed by atoms with E-state index in [1.54, 1.807) is 24.3 Å². The molecule has 1 fully saturated rings. The number of hydrogen-bond donors (Lipinski definition) is 0. The van der Waals surface area contributed by atoms with Crippen LogP contribution in [0.25, 0.3) is 6.08 Å². The smallest absolute Gasteiger partial charge is 0.312 e. The van der Waals surface area contributed by atoms with Crippen LogP contribution in [0.5, 0.6) is 0 Å². The molecule has 1 saturated heterocycles. The van der Waals surface area contributed by atoms with Crippen molar-refractivity contribution in [2.45, 2.75) is 20.0 Å². The fourth-order valence-corrected chi connectivity index (χ4v) is 4.43. The minimum absolute atomic E-state index is 0.0261. The van der Waals surface area contributed by atoms with Crippen LogP contribution in [0.15, 0.2) is 77.5 Å². The number of hydrogen-bond acceptors (Lipinski definition) is 4. The second-order valence-electron chi connectivity index (χ2n) is 8.82. The number of fused-ring (bicyclic) bond motifs is 1. The molecule has 2 aromatic rings. The predicted molar refractivity (Wildman–Crippen MR) is 134 cm³/mol. The summed E-state index contributed by atoms with van der Waals surface area (Å²) in [5.41, 5.74) is 5.79. The fourth-order valence-electron chi connectivity index (χ4n) is 4.43. The third-order valence-electron chi connectivity index (χ3n) is 6.38. The van der Waals surface area contributed by atoms with Gasteiger partial charge < -0.3 is 14.5 Å². The van der Waals surface area contributed by atoms with Gasteiger partial charge in [0, 0.05) is 37.4 Å². The maximum Gasteiger partial charge on any atom is 0.312 e. The lowest BCUT2D eigenvalue weighted by Crippen LogP contribution is -2.49. The molecular weight excluding hydrogens is 426 g/mol. The van der Waals surface area contributed by atoms with Crippen LogP contribution in [-0.2, 0) is 9.53 Å². The summed E-state index contributed by atoms with van der Waals surface area (Å²) in [6.07, 6.45) is 8.69. The Labute approximate surface area is 199 Å². The quantitative estimate of drug-likeness (QED) is 0.657. The first-order valence-electron chi connectivity index (χ1n) is 11.6. The number of amides is 2. The zero-order valence-electron chi connectivity index (χ0n) is 19.4. The number of rotatable bonds is 3. The van der Waals surface area contributed by atoms with E-state index in [0.29, 0.717) is 24.4 Å². The molecule has 5 rings (SSSR count). The van der Waals surface area contributed by atoms with Crippen LogP contribution >= 0.6 is 0 Å². The SMILES string of the molecule is Cc1ccc(C)c(N2CCN(C(=O)c3ccc(/C=C4\OC5C=CC=CC5=NC4=O)cc3)CC2)c1. The van der Waals surface area contributed by atoms with Gasteiger partial charge in [-0.05, 0) is 67.0 Å². The molecule has 2 amide bonds. The molecule has 0 saturated carbocycles. The number of allylic oxidation sites excluding steroid dienone is 2.